The maximum Gasteiger partial charge on any atom is 0.411 e. The van der Waals surface area contributed by atoms with Gasteiger partial charge >= 0.3 is 11.9 Å². The van der Waals surface area contributed by atoms with Crippen LogP contribution in [0.1, 0.15) is 38.0 Å². The Balaban J connectivity index is 0.00000127. The Kier molecular flexibility index (Phi) is 8.62. The Labute approximate surface area is 218 Å². The van der Waals surface area contributed by atoms with Crippen LogP contribution >= 0.6 is 11.3 Å². The number of carbonyl (C=O) groups is 1. The summed E-state index contributed by atoms with van der Waals surface area (Å²) in [7, 11) is 0. The van der Waals surface area contributed by atoms with Crippen molar-refractivity contribution in [1.82, 2.24) is 14.1 Å². The van der Waals surface area contributed by atoms with Crippen molar-refractivity contribution in [3.63, 3.8) is 0 Å². The molecule has 3 heterocycles. The molecule has 9 nitrogen and oxygen atoms in total. The Morgan fingerprint density at radius 2 is 1.82 bits per heavy atom. The number of carboxylic acid groups (broad SMARTS) is 1. The minimum atomic E-state index is -4.55. The van der Waals surface area contributed by atoms with E-state index in [2.05, 4.69) is 4.98 Å². The fraction of sp³-hybridized carbons (Fsp3) is 0.360. The number of thiophene rings is 1. The first-order valence-corrected chi connectivity index (χ1v) is 12.1. The van der Waals surface area contributed by atoms with Gasteiger partial charge in [0.25, 0.3) is 12.0 Å². The van der Waals surface area contributed by atoms with Crippen LogP contribution < -0.4 is 11.2 Å². The molecule has 204 valence electrons. The number of aryl methyl sites for hydroxylation is 1. The smallest absolute Gasteiger partial charge is 0.411 e. The largest absolute Gasteiger partial charge is 0.483 e. The van der Waals surface area contributed by atoms with Crippen LogP contribution in [-0.4, -0.2) is 38.5 Å². The van der Waals surface area contributed by atoms with E-state index >= 15 is 0 Å². The number of hydrogen-bond donors (Lipinski definition) is 1. The maximum absolute atomic E-state index is 13.6. The molecule has 0 spiro atoms. The number of fused-ring (bicyclic) bond motifs is 1. The Morgan fingerprint density at radius 1 is 1.18 bits per heavy atom. The SMILES string of the molecule is Cc1c(-c2ncco2)sc2c1c(=O)n(C(C)(C)C)c(=O)n2CC(OCC(F)(F)F)c1ccccc1.O=CO. The quantitative estimate of drug-likeness (QED) is 0.335. The van der Waals surface area contributed by atoms with E-state index in [4.69, 9.17) is 19.1 Å². The van der Waals surface area contributed by atoms with Crippen molar-refractivity contribution in [1.29, 1.82) is 0 Å². The molecule has 13 heteroatoms. The van der Waals surface area contributed by atoms with Crippen LogP contribution in [-0.2, 0) is 21.6 Å². The van der Waals surface area contributed by atoms with Crippen molar-refractivity contribution in [2.75, 3.05) is 6.61 Å². The van der Waals surface area contributed by atoms with Gasteiger partial charge < -0.3 is 14.3 Å². The van der Waals surface area contributed by atoms with Crippen molar-refractivity contribution in [2.45, 2.75) is 52.1 Å². The lowest BCUT2D eigenvalue weighted by molar-refractivity contribution is -0.187. The van der Waals surface area contributed by atoms with E-state index in [1.54, 1.807) is 58.0 Å². The third kappa shape index (κ3) is 6.22. The molecule has 3 aromatic heterocycles. The zero-order valence-electron chi connectivity index (χ0n) is 21.0. The summed E-state index contributed by atoms with van der Waals surface area (Å²) in [6.45, 7) is 4.94. The molecule has 1 atom stereocenters. The second-order valence-corrected chi connectivity index (χ2v) is 10.2. The maximum atomic E-state index is 13.6. The van der Waals surface area contributed by atoms with Gasteiger partial charge in [0.1, 0.15) is 23.8 Å². The highest BCUT2D eigenvalue weighted by Gasteiger charge is 2.32. The van der Waals surface area contributed by atoms with Crippen LogP contribution in [0, 0.1) is 6.92 Å². The molecular formula is C25H26F3N3O6S. The molecule has 1 unspecified atom stereocenters. The van der Waals surface area contributed by atoms with E-state index in [0.717, 1.165) is 15.9 Å². The van der Waals surface area contributed by atoms with Crippen LogP contribution in [0.4, 0.5) is 13.2 Å². The van der Waals surface area contributed by atoms with E-state index in [9.17, 15) is 22.8 Å². The van der Waals surface area contributed by atoms with Gasteiger partial charge in [0.05, 0.1) is 23.0 Å². The van der Waals surface area contributed by atoms with Crippen LogP contribution in [0.15, 0.2) is 56.8 Å². The molecule has 4 aromatic rings. The number of alkyl halides is 3. The van der Waals surface area contributed by atoms with E-state index in [1.807, 2.05) is 0 Å². The van der Waals surface area contributed by atoms with Crippen molar-refractivity contribution < 1.29 is 32.2 Å². The molecule has 0 radical (unpaired) electrons. The van der Waals surface area contributed by atoms with Crippen molar-refractivity contribution in [3.8, 4) is 10.8 Å². The summed E-state index contributed by atoms with van der Waals surface area (Å²) < 4.78 is 52.2. The number of halogens is 3. The summed E-state index contributed by atoms with van der Waals surface area (Å²) in [5.74, 6) is 0.289. The van der Waals surface area contributed by atoms with E-state index < -0.39 is 35.7 Å². The van der Waals surface area contributed by atoms with Gasteiger partial charge in [-0.25, -0.2) is 9.78 Å². The summed E-state index contributed by atoms with van der Waals surface area (Å²) in [6.07, 6.45) is -2.77. The third-order valence-electron chi connectivity index (χ3n) is 5.48. The van der Waals surface area contributed by atoms with Gasteiger partial charge in [0, 0.05) is 5.54 Å². The van der Waals surface area contributed by atoms with Crippen molar-refractivity contribution in [2.24, 2.45) is 0 Å². The second kappa shape index (κ2) is 11.4. The van der Waals surface area contributed by atoms with Gasteiger partial charge in [-0.2, -0.15) is 13.2 Å². The summed E-state index contributed by atoms with van der Waals surface area (Å²) in [5.41, 5.74) is -0.931. The summed E-state index contributed by atoms with van der Waals surface area (Å²) in [4.78, 5) is 40.5. The molecule has 0 aliphatic carbocycles. The molecule has 0 saturated carbocycles. The van der Waals surface area contributed by atoms with Crippen LogP contribution in [0.2, 0.25) is 0 Å². The highest BCUT2D eigenvalue weighted by Crippen LogP contribution is 2.36. The normalized spacial score (nSPS) is 12.7. The van der Waals surface area contributed by atoms with E-state index in [0.29, 0.717) is 26.2 Å². The average Bonchev–Trinajstić information content (AvgIpc) is 3.46. The van der Waals surface area contributed by atoms with Gasteiger partial charge in [0.15, 0.2) is 0 Å². The standard InChI is InChI=1S/C24H24F3N3O4S.CH2O2/c1-14-17-20(31)30(23(2,3)4)22(32)29(21(17)35-18(14)19-28-10-11-33-19)12-16(34-13-24(25,26)27)15-8-6-5-7-9-15;2-1-3/h5-11,16H,12-13H2,1-4H3;1H,(H,2,3). The number of benzene rings is 1. The Hall–Kier alpha value is -3.71. The fourth-order valence-electron chi connectivity index (χ4n) is 3.92. The number of nitrogens with zero attached hydrogens (tertiary/aromatic N) is 3. The van der Waals surface area contributed by atoms with Crippen LogP contribution in [0.3, 0.4) is 0 Å². The Bertz CT molecular complexity index is 1500. The van der Waals surface area contributed by atoms with Crippen LogP contribution in [0.25, 0.3) is 21.0 Å². The lowest BCUT2D eigenvalue weighted by Gasteiger charge is -2.25. The topological polar surface area (TPSA) is 117 Å². The lowest BCUT2D eigenvalue weighted by atomic mass is 10.1. The number of oxazole rings is 1. The molecule has 0 aliphatic heterocycles. The molecule has 1 N–H and O–H groups in total. The number of rotatable bonds is 6. The first kappa shape index (κ1) is 28.9. The molecule has 1 aromatic carbocycles. The molecular weight excluding hydrogens is 527 g/mol. The molecule has 0 amide bonds. The number of aromatic nitrogens is 3. The first-order valence-electron chi connectivity index (χ1n) is 11.3. The lowest BCUT2D eigenvalue weighted by Crippen LogP contribution is -2.48. The Morgan fingerprint density at radius 3 is 2.34 bits per heavy atom. The summed E-state index contributed by atoms with van der Waals surface area (Å²) in [5, 5.41) is 7.18. The van der Waals surface area contributed by atoms with E-state index in [1.165, 1.54) is 17.0 Å². The minimum Gasteiger partial charge on any atom is -0.483 e. The van der Waals surface area contributed by atoms with E-state index in [-0.39, 0.29) is 18.9 Å². The highest BCUT2D eigenvalue weighted by atomic mass is 32.1. The highest BCUT2D eigenvalue weighted by molar-refractivity contribution is 7.22. The first-order chi connectivity index (χ1) is 17.8. The van der Waals surface area contributed by atoms with Crippen molar-refractivity contribution >= 4 is 28.0 Å². The molecule has 0 saturated heterocycles. The molecule has 0 bridgehead atoms. The number of ether oxygens (including phenoxy) is 1. The van der Waals surface area contributed by atoms with Crippen molar-refractivity contribution in [3.05, 3.63) is 74.8 Å². The average molecular weight is 554 g/mol. The zero-order chi connectivity index (χ0) is 28.3. The second-order valence-electron chi connectivity index (χ2n) is 9.21. The van der Waals surface area contributed by atoms with Crippen LogP contribution in [0.5, 0.6) is 0 Å². The van der Waals surface area contributed by atoms with Gasteiger partial charge in [-0.15, -0.1) is 11.3 Å². The monoisotopic (exact) mass is 553 g/mol. The molecule has 0 fully saturated rings. The predicted octanol–water partition coefficient (Wildman–Crippen LogP) is 4.96. The molecule has 4 rings (SSSR count). The third-order valence-corrected chi connectivity index (χ3v) is 6.78. The fourth-order valence-corrected chi connectivity index (χ4v) is 5.16. The van der Waals surface area contributed by atoms with Gasteiger partial charge in [0.2, 0.25) is 5.89 Å². The predicted molar refractivity (Wildman–Crippen MR) is 135 cm³/mol. The van der Waals surface area contributed by atoms with Gasteiger partial charge in [-0.3, -0.25) is 18.7 Å². The summed E-state index contributed by atoms with van der Waals surface area (Å²) >= 11 is 1.13. The molecule has 38 heavy (non-hydrogen) atoms. The number of hydrogen-bond acceptors (Lipinski definition) is 7. The van der Waals surface area contributed by atoms with Gasteiger partial charge in [-0.05, 0) is 38.8 Å². The zero-order valence-corrected chi connectivity index (χ0v) is 21.8. The molecule has 0 aliphatic rings. The minimum absolute atomic E-state index is 0.225. The van der Waals surface area contributed by atoms with Gasteiger partial charge in [-0.1, -0.05) is 30.3 Å². The summed E-state index contributed by atoms with van der Waals surface area (Å²) in [6, 6.07) is 8.38.